The summed E-state index contributed by atoms with van der Waals surface area (Å²) in [6.07, 6.45) is 20.9. The Kier molecular flexibility index (Phi) is 18.0. The molecule has 3 heterocycles. The summed E-state index contributed by atoms with van der Waals surface area (Å²) in [6.45, 7) is 9.17. The molecule has 0 saturated carbocycles. The van der Waals surface area contributed by atoms with Gasteiger partial charge in [0.1, 0.15) is 5.82 Å². The molecule has 0 saturated heterocycles. The number of hydrogen-bond acceptors (Lipinski definition) is 8. The van der Waals surface area contributed by atoms with Crippen LogP contribution in [0.15, 0.2) is 103 Å². The number of aromatic amines is 2. The van der Waals surface area contributed by atoms with Crippen molar-refractivity contribution in [2.75, 3.05) is 31.6 Å². The molecule has 312 valence electrons. The zero-order valence-corrected chi connectivity index (χ0v) is 35.2. The molecule has 11 heteroatoms. The molecule has 1 unspecified atom stereocenters. The van der Waals surface area contributed by atoms with Crippen LogP contribution in [0.5, 0.6) is 0 Å². The number of H-pyrrole nitrogens is 2. The maximum absolute atomic E-state index is 12.5. The predicted molar refractivity (Wildman–Crippen MR) is 239 cm³/mol. The van der Waals surface area contributed by atoms with E-state index in [1.807, 2.05) is 42.5 Å². The van der Waals surface area contributed by atoms with Gasteiger partial charge in [0.2, 0.25) is 12.0 Å². The van der Waals surface area contributed by atoms with Crippen LogP contribution in [-0.2, 0) is 19.2 Å². The minimum atomic E-state index is -0.722. The van der Waals surface area contributed by atoms with Crippen molar-refractivity contribution < 1.29 is 19.2 Å². The van der Waals surface area contributed by atoms with E-state index in [-0.39, 0.29) is 5.91 Å². The van der Waals surface area contributed by atoms with Gasteiger partial charge in [-0.2, -0.15) is 0 Å². The van der Waals surface area contributed by atoms with E-state index in [1.54, 1.807) is 24.8 Å². The summed E-state index contributed by atoms with van der Waals surface area (Å²) < 4.78 is 4.82. The maximum Gasteiger partial charge on any atom is 0.350 e. The van der Waals surface area contributed by atoms with Crippen molar-refractivity contribution in [3.05, 3.63) is 109 Å². The van der Waals surface area contributed by atoms with E-state index in [9.17, 15) is 9.59 Å². The van der Waals surface area contributed by atoms with Crippen LogP contribution in [0.3, 0.4) is 0 Å². The summed E-state index contributed by atoms with van der Waals surface area (Å²) in [5.41, 5.74) is 8.30. The first-order valence-corrected chi connectivity index (χ1v) is 21.3. The Morgan fingerprint density at radius 2 is 1.44 bits per heavy atom. The normalized spacial score (nSPS) is 13.4. The lowest BCUT2D eigenvalue weighted by atomic mass is 10.00. The minimum absolute atomic E-state index is 0.0677. The van der Waals surface area contributed by atoms with Crippen molar-refractivity contribution in [1.82, 2.24) is 25.3 Å². The van der Waals surface area contributed by atoms with E-state index >= 15 is 0 Å². The van der Waals surface area contributed by atoms with Crippen LogP contribution in [0.4, 0.5) is 5.69 Å². The SMILES string of the molecule is CCCCCCCCCCCCNC(=O)C=Cc1ccc(-c2[nH]c(-c3ccc(N(CC)CC)cc3)nc2-c2ccc(C3=NOC(C(=O)OC)C3)cc2)cc1.c1c[nH]cn1. The van der Waals surface area contributed by atoms with Crippen LogP contribution in [0.2, 0.25) is 0 Å². The summed E-state index contributed by atoms with van der Waals surface area (Å²) in [6, 6.07) is 24.6. The molecule has 0 bridgehead atoms. The van der Waals surface area contributed by atoms with Crippen LogP contribution in [-0.4, -0.2) is 70.4 Å². The Bertz CT molecular complexity index is 2020. The average Bonchev–Trinajstić information content (AvgIpc) is 4.10. The van der Waals surface area contributed by atoms with Gasteiger partial charge in [-0.25, -0.2) is 14.8 Å². The molecule has 1 atom stereocenters. The Morgan fingerprint density at radius 1 is 0.814 bits per heavy atom. The number of rotatable bonds is 21. The van der Waals surface area contributed by atoms with Gasteiger partial charge in [-0.3, -0.25) is 4.79 Å². The van der Waals surface area contributed by atoms with Gasteiger partial charge in [-0.05, 0) is 61.7 Å². The number of anilines is 1. The molecule has 3 aromatic carbocycles. The smallest absolute Gasteiger partial charge is 0.350 e. The van der Waals surface area contributed by atoms with Crippen LogP contribution in [0.1, 0.15) is 103 Å². The fourth-order valence-electron chi connectivity index (χ4n) is 7.00. The van der Waals surface area contributed by atoms with Crippen molar-refractivity contribution in [3.63, 3.8) is 0 Å². The zero-order valence-electron chi connectivity index (χ0n) is 35.2. The van der Waals surface area contributed by atoms with Crippen molar-refractivity contribution in [1.29, 1.82) is 0 Å². The Hall–Kier alpha value is -5.97. The second kappa shape index (κ2) is 24.1. The third-order valence-electron chi connectivity index (χ3n) is 10.5. The first-order chi connectivity index (χ1) is 28.9. The first-order valence-electron chi connectivity index (χ1n) is 21.3. The molecular formula is C48H61N7O4. The van der Waals surface area contributed by atoms with E-state index < -0.39 is 12.1 Å². The number of hydrogen-bond donors (Lipinski definition) is 3. The second-order valence-corrected chi connectivity index (χ2v) is 14.7. The number of ether oxygens (including phenoxy) is 1. The molecule has 1 aliphatic heterocycles. The molecule has 6 rings (SSSR count). The van der Waals surface area contributed by atoms with Crippen molar-refractivity contribution >= 4 is 29.4 Å². The van der Waals surface area contributed by atoms with Crippen LogP contribution in [0.25, 0.3) is 40.0 Å². The summed E-state index contributed by atoms with van der Waals surface area (Å²) in [5, 5.41) is 7.16. The number of nitrogens with one attached hydrogen (secondary N) is 3. The molecule has 0 aliphatic carbocycles. The maximum atomic E-state index is 12.5. The summed E-state index contributed by atoms with van der Waals surface area (Å²) >= 11 is 0. The number of unbranched alkanes of at least 4 members (excludes halogenated alkanes) is 9. The first kappa shape index (κ1) is 44.1. The Balaban J connectivity index is 0.00000123. The molecule has 1 aliphatic rings. The molecule has 0 fully saturated rings. The number of carbonyl (C=O) groups excluding carboxylic acids is 2. The molecule has 59 heavy (non-hydrogen) atoms. The fourth-order valence-corrected chi connectivity index (χ4v) is 7.00. The van der Waals surface area contributed by atoms with Gasteiger partial charge in [0.25, 0.3) is 0 Å². The van der Waals surface area contributed by atoms with Crippen molar-refractivity contribution in [2.45, 2.75) is 97.5 Å². The average molecular weight is 800 g/mol. The Labute approximate surface area is 349 Å². The highest BCUT2D eigenvalue weighted by Crippen LogP contribution is 2.34. The molecule has 2 aromatic heterocycles. The number of esters is 1. The molecular weight excluding hydrogens is 739 g/mol. The summed E-state index contributed by atoms with van der Waals surface area (Å²) in [7, 11) is 1.34. The van der Waals surface area contributed by atoms with Gasteiger partial charge in [-0.1, -0.05) is 118 Å². The summed E-state index contributed by atoms with van der Waals surface area (Å²) in [5.74, 6) is 0.267. The zero-order chi connectivity index (χ0) is 41.7. The van der Waals surface area contributed by atoms with Crippen LogP contribution < -0.4 is 10.2 Å². The molecule has 3 N–H and O–H groups in total. The molecule has 0 radical (unpaired) electrons. The van der Waals surface area contributed by atoms with E-state index in [0.29, 0.717) is 18.7 Å². The third-order valence-corrected chi connectivity index (χ3v) is 10.5. The lowest BCUT2D eigenvalue weighted by Gasteiger charge is -2.20. The van der Waals surface area contributed by atoms with Crippen molar-refractivity contribution in [3.8, 4) is 33.9 Å². The number of carbonyl (C=O) groups is 2. The van der Waals surface area contributed by atoms with E-state index in [1.165, 1.54) is 64.2 Å². The highest BCUT2D eigenvalue weighted by molar-refractivity contribution is 6.04. The highest BCUT2D eigenvalue weighted by Gasteiger charge is 2.29. The molecule has 11 nitrogen and oxygen atoms in total. The van der Waals surface area contributed by atoms with Gasteiger partial charge < -0.3 is 29.8 Å². The largest absolute Gasteiger partial charge is 0.466 e. The van der Waals surface area contributed by atoms with Gasteiger partial charge in [0, 0.05) is 66.9 Å². The number of aromatic nitrogens is 4. The number of benzene rings is 3. The van der Waals surface area contributed by atoms with Crippen LogP contribution >= 0.6 is 0 Å². The number of methoxy groups -OCH3 is 1. The van der Waals surface area contributed by atoms with Crippen LogP contribution in [0, 0.1) is 0 Å². The topological polar surface area (TPSA) is 138 Å². The lowest BCUT2D eigenvalue weighted by molar-refractivity contribution is -0.152. The van der Waals surface area contributed by atoms with Gasteiger partial charge in [0.15, 0.2) is 0 Å². The molecule has 5 aromatic rings. The van der Waals surface area contributed by atoms with Gasteiger partial charge in [0.05, 0.1) is 30.5 Å². The number of imidazole rings is 2. The number of amides is 1. The Morgan fingerprint density at radius 3 is 2.03 bits per heavy atom. The highest BCUT2D eigenvalue weighted by atomic mass is 16.7. The monoisotopic (exact) mass is 799 g/mol. The van der Waals surface area contributed by atoms with E-state index in [0.717, 1.165) is 71.0 Å². The number of oxime groups is 1. The second-order valence-electron chi connectivity index (χ2n) is 14.7. The molecule has 0 spiro atoms. The molecule has 1 amide bonds. The quantitative estimate of drug-likeness (QED) is 0.0382. The standard InChI is InChI=1S/C45H57N5O4.C3H4N2/c1-5-8-9-10-11-12-13-14-15-16-31-46-41(51)30-19-33-17-20-35(21-18-33)42-43(48-44(47-42)37-26-28-38(29-27-37)50(6-2)7-3)36-24-22-34(23-25-36)39-32-40(54-49-39)45(52)53-4;1-2-5-3-4-1/h17-30,40H,5-16,31-32H2,1-4H3,(H,46,51)(H,47,48);1-3H,(H,4,5). The predicted octanol–water partition coefficient (Wildman–Crippen LogP) is 10.4. The number of nitrogens with zero attached hydrogens (tertiary/aromatic N) is 4. The lowest BCUT2D eigenvalue weighted by Crippen LogP contribution is -2.22. The van der Waals surface area contributed by atoms with E-state index in [4.69, 9.17) is 14.6 Å². The fraction of sp³-hybridized carbons (Fsp3) is 0.396. The van der Waals surface area contributed by atoms with Gasteiger partial charge >= 0.3 is 5.97 Å². The summed E-state index contributed by atoms with van der Waals surface area (Å²) in [4.78, 5) is 47.2. The van der Waals surface area contributed by atoms with Gasteiger partial charge in [-0.15, -0.1) is 0 Å². The van der Waals surface area contributed by atoms with Crippen molar-refractivity contribution in [2.24, 2.45) is 5.16 Å². The van der Waals surface area contributed by atoms with E-state index in [2.05, 4.69) is 87.5 Å². The minimum Gasteiger partial charge on any atom is -0.466 e. The third kappa shape index (κ3) is 13.6.